The third-order valence-electron chi connectivity index (χ3n) is 12.4. The summed E-state index contributed by atoms with van der Waals surface area (Å²) in [4.78, 5) is 0. The molecule has 12 rings (SSSR count). The smallest absolute Gasteiger partial charge is 0.00928 e. The van der Waals surface area contributed by atoms with Crippen molar-refractivity contribution in [2.24, 2.45) is 0 Å². The molecule has 11 aromatic carbocycles. The fourth-order valence-electron chi connectivity index (χ4n) is 9.66. The zero-order valence-electron chi connectivity index (χ0n) is 30.9. The van der Waals surface area contributed by atoms with Gasteiger partial charge in [-0.2, -0.15) is 0 Å². The van der Waals surface area contributed by atoms with E-state index in [1.165, 1.54) is 120 Å². The molecule has 0 heteroatoms. The molecule has 56 heavy (non-hydrogen) atoms. The summed E-state index contributed by atoms with van der Waals surface area (Å²) in [5.41, 5.74) is 10.3. The molecule has 1 aliphatic carbocycles. The fraction of sp³-hybridized carbons (Fsp3) is 0.0357. The van der Waals surface area contributed by atoms with Crippen LogP contribution in [0.15, 0.2) is 188 Å². The van der Waals surface area contributed by atoms with Crippen molar-refractivity contribution in [3.8, 4) is 33.4 Å². The van der Waals surface area contributed by atoms with E-state index in [0.717, 1.165) is 12.8 Å². The van der Waals surface area contributed by atoms with Crippen LogP contribution >= 0.6 is 0 Å². The van der Waals surface area contributed by atoms with E-state index in [1.807, 2.05) is 0 Å². The minimum atomic E-state index is 1.11. The lowest BCUT2D eigenvalue weighted by Gasteiger charge is -2.18. The van der Waals surface area contributed by atoms with Gasteiger partial charge in [0.05, 0.1) is 0 Å². The van der Waals surface area contributed by atoms with Crippen molar-refractivity contribution in [1.29, 1.82) is 0 Å². The Morgan fingerprint density at radius 1 is 0.268 bits per heavy atom. The predicted molar refractivity (Wildman–Crippen MR) is 243 cm³/mol. The third-order valence-corrected chi connectivity index (χ3v) is 12.4. The summed E-state index contributed by atoms with van der Waals surface area (Å²) < 4.78 is 0. The van der Waals surface area contributed by atoms with Gasteiger partial charge in [0, 0.05) is 0 Å². The molecule has 0 bridgehead atoms. The van der Waals surface area contributed by atoms with Crippen LogP contribution in [0.3, 0.4) is 0 Å². The molecule has 0 unspecified atom stereocenters. The van der Waals surface area contributed by atoms with Crippen molar-refractivity contribution < 1.29 is 0 Å². The molecule has 1 aliphatic rings. The summed E-state index contributed by atoms with van der Waals surface area (Å²) in [6.45, 7) is 0. The molecule has 0 fully saturated rings. The first-order valence-corrected chi connectivity index (χ1v) is 19.8. The van der Waals surface area contributed by atoms with E-state index >= 15 is 0 Å². The van der Waals surface area contributed by atoms with E-state index in [9.17, 15) is 0 Å². The highest BCUT2D eigenvalue weighted by molar-refractivity contribution is 6.25. The first-order valence-electron chi connectivity index (χ1n) is 19.8. The van der Waals surface area contributed by atoms with Crippen molar-refractivity contribution >= 4 is 81.5 Å². The molecule has 0 atom stereocenters. The van der Waals surface area contributed by atoms with Crippen molar-refractivity contribution in [3.05, 3.63) is 199 Å². The standard InChI is InChI=1S/C56H36/c1-3-13-49-45(9-1)47-11-5-7-15-51(47)55-33-43(25-27-53(49)55)41-23-21-37-29-35(17-19-39(37)31-41)36-18-20-40-32-42(24-22-38(40)30-36)44-26-28-54-50-14-4-2-10-46(50)48-12-6-8-16-52(48)56(54)34-44/h1,3-9,11-34H,2,10H2. The maximum atomic E-state index is 2.40. The average molecular weight is 709 g/mol. The van der Waals surface area contributed by atoms with Crippen LogP contribution in [0.1, 0.15) is 17.5 Å². The lowest BCUT2D eigenvalue weighted by atomic mass is 9.86. The second-order valence-corrected chi connectivity index (χ2v) is 15.5. The quantitative estimate of drug-likeness (QED) is 0.160. The van der Waals surface area contributed by atoms with Gasteiger partial charge in [0.2, 0.25) is 0 Å². The van der Waals surface area contributed by atoms with Gasteiger partial charge in [0.25, 0.3) is 0 Å². The number of rotatable bonds is 3. The number of allylic oxidation sites excluding steroid dienone is 1. The second kappa shape index (κ2) is 12.2. The predicted octanol–water partition coefficient (Wildman–Crippen LogP) is 15.7. The normalized spacial score (nSPS) is 12.8. The Morgan fingerprint density at radius 2 is 0.607 bits per heavy atom. The van der Waals surface area contributed by atoms with Crippen molar-refractivity contribution in [3.63, 3.8) is 0 Å². The van der Waals surface area contributed by atoms with Gasteiger partial charge in [-0.05, 0) is 169 Å². The highest BCUT2D eigenvalue weighted by atomic mass is 14.2. The van der Waals surface area contributed by atoms with Crippen LogP contribution in [-0.4, -0.2) is 0 Å². The highest BCUT2D eigenvalue weighted by Gasteiger charge is 2.16. The van der Waals surface area contributed by atoms with Gasteiger partial charge in [-0.25, -0.2) is 0 Å². The Labute approximate surface area is 325 Å². The van der Waals surface area contributed by atoms with Crippen LogP contribution < -0.4 is 0 Å². The van der Waals surface area contributed by atoms with E-state index in [4.69, 9.17) is 0 Å². The fourth-order valence-corrected chi connectivity index (χ4v) is 9.66. The maximum absolute atomic E-state index is 2.40. The largest absolute Gasteiger partial charge is 0.0836 e. The van der Waals surface area contributed by atoms with Crippen LogP contribution in [0.25, 0.3) is 115 Å². The lowest BCUT2D eigenvalue weighted by molar-refractivity contribution is 1.00. The van der Waals surface area contributed by atoms with Gasteiger partial charge in [-0.3, -0.25) is 0 Å². The van der Waals surface area contributed by atoms with Crippen LogP contribution in [0.5, 0.6) is 0 Å². The molecule has 0 heterocycles. The summed E-state index contributed by atoms with van der Waals surface area (Å²) in [6.07, 6.45) is 6.89. The molecule has 0 aliphatic heterocycles. The summed E-state index contributed by atoms with van der Waals surface area (Å²) in [5, 5.41) is 18.3. The Bertz CT molecular complexity index is 3430. The minimum Gasteiger partial charge on any atom is -0.0836 e. The van der Waals surface area contributed by atoms with Crippen LogP contribution in [-0.2, 0) is 6.42 Å². The van der Waals surface area contributed by atoms with Crippen molar-refractivity contribution in [2.45, 2.75) is 12.8 Å². The van der Waals surface area contributed by atoms with Gasteiger partial charge in [-0.1, -0.05) is 158 Å². The van der Waals surface area contributed by atoms with E-state index in [0.29, 0.717) is 0 Å². The summed E-state index contributed by atoms with van der Waals surface area (Å²) in [7, 11) is 0. The van der Waals surface area contributed by atoms with E-state index in [2.05, 4.69) is 194 Å². The molecule has 0 saturated heterocycles. The number of hydrogen-bond donors (Lipinski definition) is 0. The number of benzene rings is 11. The number of aryl methyl sites for hydroxylation is 1. The van der Waals surface area contributed by atoms with Gasteiger partial charge in [0.1, 0.15) is 0 Å². The van der Waals surface area contributed by atoms with E-state index < -0.39 is 0 Å². The molecule has 0 amide bonds. The lowest BCUT2D eigenvalue weighted by Crippen LogP contribution is -1.97. The van der Waals surface area contributed by atoms with Crippen molar-refractivity contribution in [2.75, 3.05) is 0 Å². The molecule has 0 nitrogen and oxygen atoms in total. The maximum Gasteiger partial charge on any atom is -0.00928 e. The molecule has 0 radical (unpaired) electrons. The zero-order valence-corrected chi connectivity index (χ0v) is 30.9. The molecule has 260 valence electrons. The molecule has 0 N–H and O–H groups in total. The van der Waals surface area contributed by atoms with Crippen LogP contribution in [0.2, 0.25) is 0 Å². The molecular weight excluding hydrogens is 673 g/mol. The monoisotopic (exact) mass is 708 g/mol. The second-order valence-electron chi connectivity index (χ2n) is 15.5. The summed E-state index contributed by atoms with van der Waals surface area (Å²) in [5.74, 6) is 0. The Morgan fingerprint density at radius 3 is 1.09 bits per heavy atom. The number of hydrogen-bond acceptors (Lipinski definition) is 0. The van der Waals surface area contributed by atoms with Gasteiger partial charge in [0.15, 0.2) is 0 Å². The Kier molecular flexibility index (Phi) is 6.86. The SMILES string of the molecule is C1=Cc2c(c3ccccc3c3cc(-c4ccc5cc(-c6ccc7cc(-c8ccc9c%10ccccc%10c%10ccccc%10c9c8)ccc7c6)ccc5c4)ccc23)CC1. The summed E-state index contributed by atoms with van der Waals surface area (Å²) in [6, 6.07) is 68.2. The first kappa shape index (κ1) is 31.3. The van der Waals surface area contributed by atoms with Crippen LogP contribution in [0.4, 0.5) is 0 Å². The zero-order chi connectivity index (χ0) is 36.7. The molecule has 0 spiro atoms. The average Bonchev–Trinajstić information content (AvgIpc) is 3.28. The number of fused-ring (bicyclic) bond motifs is 14. The first-order chi connectivity index (χ1) is 27.7. The molecular formula is C56H36. The third kappa shape index (κ3) is 4.86. The van der Waals surface area contributed by atoms with Gasteiger partial charge >= 0.3 is 0 Å². The van der Waals surface area contributed by atoms with Crippen molar-refractivity contribution in [1.82, 2.24) is 0 Å². The molecule has 0 aromatic heterocycles. The highest BCUT2D eigenvalue weighted by Crippen LogP contribution is 2.40. The van der Waals surface area contributed by atoms with Gasteiger partial charge in [-0.15, -0.1) is 0 Å². The summed E-state index contributed by atoms with van der Waals surface area (Å²) >= 11 is 0. The van der Waals surface area contributed by atoms with E-state index in [1.54, 1.807) is 0 Å². The minimum absolute atomic E-state index is 1.11. The molecule has 11 aromatic rings. The van der Waals surface area contributed by atoms with Gasteiger partial charge < -0.3 is 0 Å². The Hall–Kier alpha value is -7.02. The molecule has 0 saturated carbocycles. The Balaban J connectivity index is 0.879. The van der Waals surface area contributed by atoms with E-state index in [-0.39, 0.29) is 0 Å². The topological polar surface area (TPSA) is 0 Å². The van der Waals surface area contributed by atoms with Crippen LogP contribution in [0, 0.1) is 0 Å².